The van der Waals surface area contributed by atoms with E-state index in [-0.39, 0.29) is 5.38 Å². The van der Waals surface area contributed by atoms with Crippen molar-refractivity contribution in [2.75, 3.05) is 6.61 Å². The third-order valence-electron chi connectivity index (χ3n) is 1.81. The van der Waals surface area contributed by atoms with Crippen LogP contribution in [0.3, 0.4) is 0 Å². The molecule has 0 saturated heterocycles. The molecule has 1 unspecified atom stereocenters. The van der Waals surface area contributed by atoms with Gasteiger partial charge < -0.3 is 4.74 Å². The molecule has 3 heteroatoms. The molecule has 0 aliphatic heterocycles. The van der Waals surface area contributed by atoms with E-state index in [1.165, 1.54) is 0 Å². The molecular weight excluding hydrogens is 263 g/mol. The van der Waals surface area contributed by atoms with E-state index in [1.54, 1.807) is 0 Å². The van der Waals surface area contributed by atoms with Gasteiger partial charge in [-0.15, -0.1) is 11.6 Å². The Balaban J connectivity index is 2.25. The van der Waals surface area contributed by atoms with Gasteiger partial charge in [0.15, 0.2) is 0 Å². The zero-order chi connectivity index (χ0) is 10.4. The third-order valence-corrected chi connectivity index (χ3v) is 2.52. The zero-order valence-electron chi connectivity index (χ0n) is 8.17. The Morgan fingerprint density at radius 3 is 2.93 bits per heavy atom. The molecule has 78 valence electrons. The summed E-state index contributed by atoms with van der Waals surface area (Å²) >= 11 is 9.21. The van der Waals surface area contributed by atoms with Crippen molar-refractivity contribution in [1.82, 2.24) is 0 Å². The van der Waals surface area contributed by atoms with Gasteiger partial charge in [-0.2, -0.15) is 0 Å². The van der Waals surface area contributed by atoms with Crippen LogP contribution in [0.1, 0.15) is 19.8 Å². The summed E-state index contributed by atoms with van der Waals surface area (Å²) in [6, 6.07) is 7.86. The van der Waals surface area contributed by atoms with Crippen LogP contribution in [0.25, 0.3) is 0 Å². The van der Waals surface area contributed by atoms with Gasteiger partial charge >= 0.3 is 0 Å². The van der Waals surface area contributed by atoms with Crippen molar-refractivity contribution in [3.05, 3.63) is 28.7 Å². The van der Waals surface area contributed by atoms with Crippen LogP contribution in [0.4, 0.5) is 0 Å². The highest BCUT2D eigenvalue weighted by Gasteiger charge is 1.97. The summed E-state index contributed by atoms with van der Waals surface area (Å²) in [5.41, 5.74) is 0. The standard InChI is InChI=1S/C11H14BrClO/c1-9(13)4-3-7-14-11-6-2-5-10(12)8-11/h2,5-6,8-9H,3-4,7H2,1H3. The highest BCUT2D eigenvalue weighted by atomic mass is 79.9. The van der Waals surface area contributed by atoms with E-state index in [2.05, 4.69) is 15.9 Å². The normalized spacial score (nSPS) is 12.5. The van der Waals surface area contributed by atoms with Gasteiger partial charge in [0.1, 0.15) is 5.75 Å². The van der Waals surface area contributed by atoms with Crippen LogP contribution in [0.5, 0.6) is 5.75 Å². The first-order valence-electron chi connectivity index (χ1n) is 4.71. The second-order valence-electron chi connectivity index (χ2n) is 3.23. The maximum absolute atomic E-state index is 5.82. The van der Waals surface area contributed by atoms with Crippen molar-refractivity contribution < 1.29 is 4.74 Å². The summed E-state index contributed by atoms with van der Waals surface area (Å²) in [6.07, 6.45) is 1.99. The first-order valence-corrected chi connectivity index (χ1v) is 5.94. The van der Waals surface area contributed by atoms with Gasteiger partial charge in [-0.3, -0.25) is 0 Å². The first kappa shape index (κ1) is 11.9. The minimum absolute atomic E-state index is 0.237. The zero-order valence-corrected chi connectivity index (χ0v) is 10.5. The molecule has 1 aromatic carbocycles. The summed E-state index contributed by atoms with van der Waals surface area (Å²) in [6.45, 7) is 2.73. The van der Waals surface area contributed by atoms with E-state index in [4.69, 9.17) is 16.3 Å². The fraction of sp³-hybridized carbons (Fsp3) is 0.455. The molecule has 0 fully saturated rings. The molecule has 0 spiro atoms. The highest BCUT2D eigenvalue weighted by Crippen LogP contribution is 2.18. The second kappa shape index (κ2) is 6.31. The lowest BCUT2D eigenvalue weighted by Crippen LogP contribution is -2.00. The molecule has 0 radical (unpaired) electrons. The Kier molecular flexibility index (Phi) is 5.34. The Morgan fingerprint density at radius 1 is 1.50 bits per heavy atom. The van der Waals surface area contributed by atoms with Gasteiger partial charge in [-0.1, -0.05) is 22.0 Å². The second-order valence-corrected chi connectivity index (χ2v) is 4.89. The van der Waals surface area contributed by atoms with Gasteiger partial charge in [0.05, 0.1) is 6.61 Å². The SMILES string of the molecule is CC(Cl)CCCOc1cccc(Br)c1. The van der Waals surface area contributed by atoms with Crippen molar-refractivity contribution in [1.29, 1.82) is 0 Å². The molecule has 0 aliphatic rings. The van der Waals surface area contributed by atoms with E-state index in [9.17, 15) is 0 Å². The monoisotopic (exact) mass is 276 g/mol. The molecule has 0 heterocycles. The average molecular weight is 278 g/mol. The lowest BCUT2D eigenvalue weighted by atomic mass is 10.2. The number of hydrogen-bond acceptors (Lipinski definition) is 1. The third kappa shape index (κ3) is 4.87. The summed E-state index contributed by atoms with van der Waals surface area (Å²) in [5.74, 6) is 0.904. The van der Waals surface area contributed by atoms with Crippen molar-refractivity contribution in [2.24, 2.45) is 0 Å². The van der Waals surface area contributed by atoms with E-state index in [0.717, 1.165) is 29.7 Å². The van der Waals surface area contributed by atoms with Crippen LogP contribution in [-0.2, 0) is 0 Å². The van der Waals surface area contributed by atoms with Crippen molar-refractivity contribution >= 4 is 27.5 Å². The van der Waals surface area contributed by atoms with Crippen molar-refractivity contribution in [3.63, 3.8) is 0 Å². The fourth-order valence-corrected chi connectivity index (χ4v) is 1.64. The summed E-state index contributed by atoms with van der Waals surface area (Å²) in [4.78, 5) is 0. The lowest BCUT2D eigenvalue weighted by Gasteiger charge is -2.06. The van der Waals surface area contributed by atoms with E-state index in [0.29, 0.717) is 0 Å². The Labute approximate surface area is 98.5 Å². The molecule has 0 N–H and O–H groups in total. The van der Waals surface area contributed by atoms with Crippen LogP contribution in [0.2, 0.25) is 0 Å². The Hall–Kier alpha value is -0.210. The minimum atomic E-state index is 0.237. The van der Waals surface area contributed by atoms with Gasteiger partial charge in [-0.05, 0) is 38.0 Å². The molecule has 0 aliphatic carbocycles. The van der Waals surface area contributed by atoms with Crippen LogP contribution in [0, 0.1) is 0 Å². The first-order chi connectivity index (χ1) is 6.68. The summed E-state index contributed by atoms with van der Waals surface area (Å²) in [5, 5.41) is 0.237. The number of benzene rings is 1. The molecule has 1 atom stereocenters. The predicted octanol–water partition coefficient (Wildman–Crippen LogP) is 4.24. The number of hydrogen-bond donors (Lipinski definition) is 0. The van der Waals surface area contributed by atoms with Gasteiger partial charge in [0, 0.05) is 9.85 Å². The molecule has 0 bridgehead atoms. The number of halogens is 2. The molecular formula is C11H14BrClO. The number of rotatable bonds is 5. The smallest absolute Gasteiger partial charge is 0.120 e. The van der Waals surface area contributed by atoms with E-state index < -0.39 is 0 Å². The number of alkyl halides is 1. The molecule has 0 saturated carbocycles. The van der Waals surface area contributed by atoms with Crippen LogP contribution >= 0.6 is 27.5 Å². The van der Waals surface area contributed by atoms with Crippen LogP contribution < -0.4 is 4.74 Å². The van der Waals surface area contributed by atoms with Gasteiger partial charge in [0.2, 0.25) is 0 Å². The molecule has 14 heavy (non-hydrogen) atoms. The number of ether oxygens (including phenoxy) is 1. The largest absolute Gasteiger partial charge is 0.494 e. The highest BCUT2D eigenvalue weighted by molar-refractivity contribution is 9.10. The van der Waals surface area contributed by atoms with E-state index in [1.807, 2.05) is 31.2 Å². The molecule has 0 aromatic heterocycles. The van der Waals surface area contributed by atoms with Crippen LogP contribution in [0.15, 0.2) is 28.7 Å². The van der Waals surface area contributed by atoms with Crippen molar-refractivity contribution in [3.8, 4) is 5.75 Å². The minimum Gasteiger partial charge on any atom is -0.494 e. The van der Waals surface area contributed by atoms with Crippen LogP contribution in [-0.4, -0.2) is 12.0 Å². The van der Waals surface area contributed by atoms with Gasteiger partial charge in [-0.25, -0.2) is 0 Å². The predicted molar refractivity (Wildman–Crippen MR) is 64.2 cm³/mol. The van der Waals surface area contributed by atoms with E-state index >= 15 is 0 Å². The quantitative estimate of drug-likeness (QED) is 0.578. The van der Waals surface area contributed by atoms with Gasteiger partial charge in [0.25, 0.3) is 0 Å². The Morgan fingerprint density at radius 2 is 2.29 bits per heavy atom. The molecule has 0 amide bonds. The fourth-order valence-electron chi connectivity index (χ4n) is 1.11. The summed E-state index contributed by atoms with van der Waals surface area (Å²) in [7, 11) is 0. The van der Waals surface area contributed by atoms with Crippen molar-refractivity contribution in [2.45, 2.75) is 25.1 Å². The molecule has 1 aromatic rings. The molecule has 1 rings (SSSR count). The topological polar surface area (TPSA) is 9.23 Å². The lowest BCUT2D eigenvalue weighted by molar-refractivity contribution is 0.306. The summed E-state index contributed by atoms with van der Waals surface area (Å²) < 4.78 is 6.59. The maximum Gasteiger partial charge on any atom is 0.120 e. The average Bonchev–Trinajstić information content (AvgIpc) is 2.12. The molecule has 1 nitrogen and oxygen atoms in total. The maximum atomic E-state index is 5.82. The Bertz CT molecular complexity index is 276.